The number of nitrogens with one attached hydrogen (secondary N) is 1. The van der Waals surface area contributed by atoms with Gasteiger partial charge in [-0.2, -0.15) is 0 Å². The van der Waals surface area contributed by atoms with Crippen LogP contribution in [0.25, 0.3) is 10.9 Å². The number of H-pyrrole nitrogens is 1. The highest BCUT2D eigenvalue weighted by Gasteiger charge is 2.09. The summed E-state index contributed by atoms with van der Waals surface area (Å²) in [6.45, 7) is 6.58. The van der Waals surface area contributed by atoms with Crippen molar-refractivity contribution in [3.05, 3.63) is 57.4 Å². The molecule has 2 nitrogen and oxygen atoms in total. The number of aryl methyl sites for hydroxylation is 2. The molecule has 0 aliphatic rings. The summed E-state index contributed by atoms with van der Waals surface area (Å²) >= 11 is 1.84. The van der Waals surface area contributed by atoms with E-state index >= 15 is 0 Å². The van der Waals surface area contributed by atoms with E-state index in [2.05, 4.69) is 59.9 Å². The number of rotatable bonds is 5. The molecule has 104 valence electrons. The van der Waals surface area contributed by atoms with Gasteiger partial charge in [0.25, 0.3) is 0 Å². The van der Waals surface area contributed by atoms with Crippen molar-refractivity contribution in [3.8, 4) is 0 Å². The summed E-state index contributed by atoms with van der Waals surface area (Å²) in [6.07, 6.45) is 1.13. The van der Waals surface area contributed by atoms with Gasteiger partial charge in [0, 0.05) is 23.0 Å². The van der Waals surface area contributed by atoms with E-state index in [9.17, 15) is 0 Å². The van der Waals surface area contributed by atoms with Gasteiger partial charge >= 0.3 is 0 Å². The summed E-state index contributed by atoms with van der Waals surface area (Å²) in [4.78, 5) is 4.95. The third-order valence-corrected chi connectivity index (χ3v) is 4.70. The van der Waals surface area contributed by atoms with Crippen LogP contribution in [0.2, 0.25) is 0 Å². The Morgan fingerprint density at radius 3 is 2.90 bits per heavy atom. The van der Waals surface area contributed by atoms with Crippen molar-refractivity contribution in [2.24, 2.45) is 0 Å². The van der Waals surface area contributed by atoms with Crippen molar-refractivity contribution >= 4 is 22.2 Å². The average Bonchev–Trinajstić information content (AvgIpc) is 3.03. The van der Waals surface area contributed by atoms with Crippen LogP contribution in [0.1, 0.15) is 21.7 Å². The quantitative estimate of drug-likeness (QED) is 0.675. The molecule has 0 aliphatic heterocycles. The third kappa shape index (κ3) is 2.79. The summed E-state index contributed by atoms with van der Waals surface area (Å²) in [6, 6.07) is 11.0. The molecule has 0 aliphatic carbocycles. The number of quaternary nitrogens is 1. The van der Waals surface area contributed by atoms with E-state index in [1.807, 2.05) is 11.3 Å². The molecule has 2 aromatic heterocycles. The second kappa shape index (κ2) is 5.81. The zero-order valence-corrected chi connectivity index (χ0v) is 12.9. The molecule has 0 amide bonds. The molecule has 0 saturated carbocycles. The first kappa shape index (κ1) is 13.4. The molecule has 3 N–H and O–H groups in total. The normalized spacial score (nSPS) is 11.3. The Hall–Kier alpha value is -1.58. The minimum Gasteiger partial charge on any atom is -0.358 e. The van der Waals surface area contributed by atoms with E-state index in [0.717, 1.165) is 19.5 Å². The molecule has 0 unspecified atom stereocenters. The minimum absolute atomic E-state index is 1.10. The molecular formula is C17H21N2S+. The highest BCUT2D eigenvalue weighted by molar-refractivity contribution is 7.09. The number of fused-ring (bicyclic) bond motifs is 1. The summed E-state index contributed by atoms with van der Waals surface area (Å²) in [7, 11) is 0. The van der Waals surface area contributed by atoms with Gasteiger partial charge in [0.1, 0.15) is 6.54 Å². The predicted molar refractivity (Wildman–Crippen MR) is 86.3 cm³/mol. The van der Waals surface area contributed by atoms with Crippen molar-refractivity contribution in [3.63, 3.8) is 0 Å². The van der Waals surface area contributed by atoms with Crippen molar-refractivity contribution in [1.29, 1.82) is 0 Å². The lowest BCUT2D eigenvalue weighted by Crippen LogP contribution is -2.82. The Morgan fingerprint density at radius 1 is 1.20 bits per heavy atom. The van der Waals surface area contributed by atoms with Gasteiger partial charge in [0.05, 0.1) is 11.4 Å². The number of thiophene rings is 1. The maximum absolute atomic E-state index is 3.50. The highest BCUT2D eigenvalue weighted by Crippen LogP contribution is 2.23. The molecule has 0 bridgehead atoms. The third-order valence-electron chi connectivity index (χ3n) is 3.80. The molecule has 0 saturated heterocycles. The summed E-state index contributed by atoms with van der Waals surface area (Å²) in [5.74, 6) is 0. The molecule has 1 aromatic carbocycles. The van der Waals surface area contributed by atoms with Crippen LogP contribution >= 0.6 is 11.3 Å². The van der Waals surface area contributed by atoms with Crippen LogP contribution in [0.15, 0.2) is 35.7 Å². The molecule has 0 radical (unpaired) electrons. The number of aromatic amines is 1. The second-order valence-electron chi connectivity index (χ2n) is 5.39. The van der Waals surface area contributed by atoms with E-state index in [1.54, 1.807) is 0 Å². The van der Waals surface area contributed by atoms with Gasteiger partial charge in [-0.25, -0.2) is 0 Å². The van der Waals surface area contributed by atoms with Crippen LogP contribution in [-0.2, 0) is 13.0 Å². The molecule has 3 heteroatoms. The van der Waals surface area contributed by atoms with Gasteiger partial charge in [-0.1, -0.05) is 17.7 Å². The fraction of sp³-hybridized carbons (Fsp3) is 0.294. The van der Waals surface area contributed by atoms with Crippen LogP contribution in [0, 0.1) is 13.8 Å². The smallest absolute Gasteiger partial charge is 0.111 e. The number of hydrogen-bond acceptors (Lipinski definition) is 1. The Morgan fingerprint density at radius 2 is 2.10 bits per heavy atom. The Labute approximate surface area is 123 Å². The molecule has 3 aromatic rings. The van der Waals surface area contributed by atoms with Gasteiger partial charge in [0.2, 0.25) is 0 Å². The summed E-state index contributed by atoms with van der Waals surface area (Å²) in [5.41, 5.74) is 5.39. The van der Waals surface area contributed by atoms with E-state index in [0.29, 0.717) is 0 Å². The Bertz CT molecular complexity index is 695. The van der Waals surface area contributed by atoms with E-state index in [1.165, 1.54) is 32.6 Å². The lowest BCUT2D eigenvalue weighted by Gasteiger charge is -2.02. The van der Waals surface area contributed by atoms with Crippen molar-refractivity contribution in [1.82, 2.24) is 4.98 Å². The standard InChI is InChI=1S/C17H20N2S/c1-12-5-6-17-16(10-12)15(13(2)19-17)7-8-18-11-14-4-3-9-20-14/h3-6,9-10,18-19H,7-8,11H2,1-2H3/p+1. The topological polar surface area (TPSA) is 32.4 Å². The summed E-state index contributed by atoms with van der Waals surface area (Å²) < 4.78 is 0. The van der Waals surface area contributed by atoms with Crippen LogP contribution in [0.5, 0.6) is 0 Å². The number of nitrogens with two attached hydrogens (primary N) is 1. The van der Waals surface area contributed by atoms with Gasteiger partial charge in [-0.3, -0.25) is 0 Å². The maximum Gasteiger partial charge on any atom is 0.111 e. The van der Waals surface area contributed by atoms with Gasteiger partial charge in [0.15, 0.2) is 0 Å². The largest absolute Gasteiger partial charge is 0.358 e. The highest BCUT2D eigenvalue weighted by atomic mass is 32.1. The molecule has 3 rings (SSSR count). The molecular weight excluding hydrogens is 264 g/mol. The Balaban J connectivity index is 1.67. The first-order valence-electron chi connectivity index (χ1n) is 7.16. The van der Waals surface area contributed by atoms with Crippen LogP contribution in [0.3, 0.4) is 0 Å². The van der Waals surface area contributed by atoms with Crippen LogP contribution < -0.4 is 5.32 Å². The SMILES string of the molecule is Cc1ccc2[nH]c(C)c(CC[NH2+]Cc3cccs3)c2c1. The second-order valence-corrected chi connectivity index (χ2v) is 6.42. The van der Waals surface area contributed by atoms with Gasteiger partial charge < -0.3 is 10.3 Å². The zero-order chi connectivity index (χ0) is 13.9. The monoisotopic (exact) mass is 285 g/mol. The van der Waals surface area contributed by atoms with Crippen LogP contribution in [-0.4, -0.2) is 11.5 Å². The predicted octanol–water partition coefficient (Wildman–Crippen LogP) is 3.15. The van der Waals surface area contributed by atoms with Crippen molar-refractivity contribution in [2.45, 2.75) is 26.8 Å². The number of hydrogen-bond donors (Lipinski definition) is 2. The fourth-order valence-corrected chi connectivity index (χ4v) is 3.44. The number of benzene rings is 1. The van der Waals surface area contributed by atoms with E-state index < -0.39 is 0 Å². The summed E-state index contributed by atoms with van der Waals surface area (Å²) in [5, 5.41) is 5.95. The Kier molecular flexibility index (Phi) is 3.90. The van der Waals surface area contributed by atoms with Crippen molar-refractivity contribution < 1.29 is 5.32 Å². The van der Waals surface area contributed by atoms with Gasteiger partial charge in [-0.05, 0) is 43.0 Å². The average molecular weight is 285 g/mol. The maximum atomic E-state index is 3.50. The van der Waals surface area contributed by atoms with Crippen LogP contribution in [0.4, 0.5) is 0 Å². The molecule has 20 heavy (non-hydrogen) atoms. The lowest BCUT2D eigenvalue weighted by molar-refractivity contribution is -0.669. The zero-order valence-electron chi connectivity index (χ0n) is 12.1. The van der Waals surface area contributed by atoms with Gasteiger partial charge in [-0.15, -0.1) is 11.3 Å². The molecule has 2 heterocycles. The fourth-order valence-electron chi connectivity index (χ4n) is 2.74. The van der Waals surface area contributed by atoms with E-state index in [4.69, 9.17) is 0 Å². The first-order valence-corrected chi connectivity index (χ1v) is 8.04. The van der Waals surface area contributed by atoms with E-state index in [-0.39, 0.29) is 0 Å². The first-order chi connectivity index (χ1) is 9.74. The number of aromatic nitrogens is 1. The molecule has 0 fully saturated rings. The minimum atomic E-state index is 1.10. The van der Waals surface area contributed by atoms with Crippen molar-refractivity contribution in [2.75, 3.05) is 6.54 Å². The molecule has 0 spiro atoms. The lowest BCUT2D eigenvalue weighted by atomic mass is 10.1. The molecule has 0 atom stereocenters.